The van der Waals surface area contributed by atoms with Gasteiger partial charge in [0, 0.05) is 29.6 Å². The lowest BCUT2D eigenvalue weighted by atomic mass is 10.0. The molecule has 0 radical (unpaired) electrons. The molecule has 0 unspecified atom stereocenters. The van der Waals surface area contributed by atoms with Gasteiger partial charge in [0.15, 0.2) is 5.13 Å². The monoisotopic (exact) mass is 566 g/mol. The van der Waals surface area contributed by atoms with Gasteiger partial charge in [-0.3, -0.25) is 14.5 Å². The van der Waals surface area contributed by atoms with E-state index in [9.17, 15) is 14.4 Å². The number of alkyl halides is 1. The second kappa shape index (κ2) is 12.3. The third kappa shape index (κ3) is 6.32. The number of amides is 2. The van der Waals surface area contributed by atoms with Crippen LogP contribution in [0.4, 0.5) is 5.13 Å². The van der Waals surface area contributed by atoms with Crippen LogP contribution in [0.2, 0.25) is 0 Å². The van der Waals surface area contributed by atoms with Crippen molar-refractivity contribution >= 4 is 64.0 Å². The Morgan fingerprint density at radius 3 is 2.81 bits per heavy atom. The van der Waals surface area contributed by atoms with Gasteiger partial charge in [-0.15, -0.1) is 23.4 Å². The van der Waals surface area contributed by atoms with Crippen molar-refractivity contribution in [1.29, 1.82) is 0 Å². The Morgan fingerprint density at radius 1 is 1.35 bits per heavy atom. The van der Waals surface area contributed by atoms with Crippen LogP contribution in [0.1, 0.15) is 11.4 Å². The Kier molecular flexibility index (Phi) is 8.84. The number of hydrogen-bond acceptors (Lipinski definition) is 12. The molecule has 2 aliphatic rings. The van der Waals surface area contributed by atoms with Crippen molar-refractivity contribution in [3.63, 3.8) is 0 Å². The van der Waals surface area contributed by atoms with E-state index in [0.717, 1.165) is 23.3 Å². The van der Waals surface area contributed by atoms with E-state index >= 15 is 0 Å². The summed E-state index contributed by atoms with van der Waals surface area (Å²) < 4.78 is 14.6. The van der Waals surface area contributed by atoms with E-state index in [1.54, 1.807) is 31.4 Å². The first kappa shape index (κ1) is 26.7. The van der Waals surface area contributed by atoms with Gasteiger partial charge in [0.05, 0.1) is 7.11 Å². The number of methoxy groups -OCH3 is 1. The van der Waals surface area contributed by atoms with Crippen LogP contribution < -0.4 is 15.8 Å². The van der Waals surface area contributed by atoms with Gasteiger partial charge in [-0.25, -0.2) is 9.78 Å². The predicted octanol–water partition coefficient (Wildman–Crippen LogP) is 1.31. The summed E-state index contributed by atoms with van der Waals surface area (Å²) in [6.45, 7) is 0.173. The van der Waals surface area contributed by atoms with Crippen LogP contribution >= 0.6 is 34.9 Å². The number of fused-ring (bicyclic) bond motifs is 1. The number of esters is 1. The largest absolute Gasteiger partial charge is 0.497 e. The summed E-state index contributed by atoms with van der Waals surface area (Å²) in [5.41, 5.74) is 6.98. The van der Waals surface area contributed by atoms with Gasteiger partial charge in [-0.05, 0) is 23.3 Å². The highest BCUT2D eigenvalue weighted by Crippen LogP contribution is 2.41. The summed E-state index contributed by atoms with van der Waals surface area (Å²) in [6, 6.07) is 6.25. The van der Waals surface area contributed by atoms with Gasteiger partial charge in [0.25, 0.3) is 11.8 Å². The van der Waals surface area contributed by atoms with E-state index in [2.05, 4.69) is 19.8 Å². The summed E-state index contributed by atoms with van der Waals surface area (Å²) in [5.74, 6) is 0.00485. The summed E-state index contributed by atoms with van der Waals surface area (Å²) in [4.78, 5) is 48.4. The molecule has 15 heteroatoms. The fourth-order valence-corrected chi connectivity index (χ4v) is 5.70. The number of aromatic nitrogens is 2. The molecule has 196 valence electrons. The van der Waals surface area contributed by atoms with E-state index < -0.39 is 29.2 Å². The van der Waals surface area contributed by atoms with Crippen molar-refractivity contribution in [3.8, 4) is 5.75 Å². The van der Waals surface area contributed by atoms with Gasteiger partial charge in [-0.1, -0.05) is 17.3 Å². The second-order valence-electron chi connectivity index (χ2n) is 7.77. The standard InChI is InChI=1S/C22H23ClN6O6S2/c1-33-14-4-2-12(3-5-14)10-34-21(32)18-13(8-23)11-36-20-17(19(31)29(18)20)27-16(30)9-25-35-7-6-15-26-22(24)37-28-15/h2-5,9,17,20H,6-8,10-11H2,1H3,(H,27,30)(H2,24,26,28)/b25-9-/t17-,20-/m1/s1. The molecule has 3 heterocycles. The molecule has 1 aromatic heterocycles. The minimum atomic E-state index is -0.826. The van der Waals surface area contributed by atoms with Crippen molar-refractivity contribution in [3.05, 3.63) is 46.9 Å². The molecular weight excluding hydrogens is 544 g/mol. The smallest absolute Gasteiger partial charge is 0.355 e. The van der Waals surface area contributed by atoms with Crippen molar-refractivity contribution in [2.75, 3.05) is 31.1 Å². The molecule has 1 fully saturated rings. The molecule has 0 aliphatic carbocycles. The van der Waals surface area contributed by atoms with Crippen LogP contribution in [0.15, 0.2) is 40.7 Å². The maximum Gasteiger partial charge on any atom is 0.355 e. The molecule has 0 saturated carbocycles. The topological polar surface area (TPSA) is 158 Å². The highest BCUT2D eigenvalue weighted by atomic mass is 35.5. The van der Waals surface area contributed by atoms with Gasteiger partial charge in [0.1, 0.15) is 48.1 Å². The van der Waals surface area contributed by atoms with Crippen LogP contribution in [0.5, 0.6) is 5.75 Å². The average Bonchev–Trinajstić information content (AvgIpc) is 3.34. The van der Waals surface area contributed by atoms with E-state index in [-0.39, 0.29) is 24.8 Å². The molecule has 12 nitrogen and oxygen atoms in total. The summed E-state index contributed by atoms with van der Waals surface area (Å²) >= 11 is 8.53. The first-order valence-corrected chi connectivity index (χ1v) is 13.3. The molecular formula is C22H23ClN6O6S2. The van der Waals surface area contributed by atoms with Crippen molar-refractivity contribution in [2.45, 2.75) is 24.4 Å². The van der Waals surface area contributed by atoms with Crippen molar-refractivity contribution < 1.29 is 28.7 Å². The molecule has 0 bridgehead atoms. The normalized spacial score (nSPS) is 18.9. The highest BCUT2D eigenvalue weighted by Gasteiger charge is 2.54. The van der Waals surface area contributed by atoms with Gasteiger partial charge >= 0.3 is 5.97 Å². The minimum absolute atomic E-state index is 0.0181. The lowest BCUT2D eigenvalue weighted by Crippen LogP contribution is -2.70. The van der Waals surface area contributed by atoms with E-state index in [0.29, 0.717) is 34.5 Å². The summed E-state index contributed by atoms with van der Waals surface area (Å²) in [5, 5.41) is 6.09. The Bertz CT molecular complexity index is 1220. The van der Waals surface area contributed by atoms with Gasteiger partial charge < -0.3 is 25.4 Å². The van der Waals surface area contributed by atoms with E-state index in [1.165, 1.54) is 16.7 Å². The fourth-order valence-electron chi connectivity index (χ4n) is 3.55. The zero-order valence-electron chi connectivity index (χ0n) is 19.6. The van der Waals surface area contributed by atoms with Crippen LogP contribution in [-0.4, -0.2) is 75.0 Å². The number of ether oxygens (including phenoxy) is 2. The molecule has 2 aliphatic heterocycles. The molecule has 0 spiro atoms. The summed E-state index contributed by atoms with van der Waals surface area (Å²) in [7, 11) is 1.56. The quantitative estimate of drug-likeness (QED) is 0.101. The lowest BCUT2D eigenvalue weighted by Gasteiger charge is -2.49. The molecule has 3 N–H and O–H groups in total. The Hall–Kier alpha value is -3.36. The molecule has 4 rings (SSSR count). The average molecular weight is 567 g/mol. The molecule has 2 amide bonds. The number of hydrogen-bond donors (Lipinski definition) is 2. The first-order chi connectivity index (χ1) is 17.9. The number of β-lactam (4-membered cyclic amide) rings is 1. The Balaban J connectivity index is 1.29. The van der Waals surface area contributed by atoms with Crippen molar-refractivity contribution in [1.82, 2.24) is 19.6 Å². The fraction of sp³-hybridized carbons (Fsp3) is 0.364. The van der Waals surface area contributed by atoms with Crippen LogP contribution in [0, 0.1) is 0 Å². The number of nitrogens with two attached hydrogens (primary N) is 1. The number of carbonyl (C=O) groups is 3. The maximum absolute atomic E-state index is 12.9. The van der Waals surface area contributed by atoms with Crippen LogP contribution in [0.3, 0.4) is 0 Å². The SMILES string of the molecule is COc1ccc(COC(=O)C2=C(CCl)CS[C@@H]3[C@H](NC(=O)/C=N\OCCc4nsc(N)n4)C(=O)N23)cc1. The highest BCUT2D eigenvalue weighted by molar-refractivity contribution is 8.00. The van der Waals surface area contributed by atoms with E-state index in [4.69, 9.17) is 31.6 Å². The predicted molar refractivity (Wildman–Crippen MR) is 138 cm³/mol. The summed E-state index contributed by atoms with van der Waals surface area (Å²) in [6.07, 6.45) is 1.32. The number of oxime groups is 1. The van der Waals surface area contributed by atoms with Gasteiger partial charge in [-0.2, -0.15) is 4.37 Å². The number of nitrogens with one attached hydrogen (secondary N) is 1. The molecule has 2 atom stereocenters. The molecule has 37 heavy (non-hydrogen) atoms. The molecule has 1 saturated heterocycles. The molecule has 1 aromatic carbocycles. The number of nitrogens with zero attached hydrogens (tertiary/aromatic N) is 4. The van der Waals surface area contributed by atoms with Crippen LogP contribution in [-0.2, 0) is 37.0 Å². The van der Waals surface area contributed by atoms with Gasteiger partial charge in [0.2, 0.25) is 0 Å². The van der Waals surface area contributed by atoms with Crippen LogP contribution in [0.25, 0.3) is 0 Å². The Labute approximate surface area is 225 Å². The van der Waals surface area contributed by atoms with E-state index in [1.807, 2.05) is 0 Å². The first-order valence-electron chi connectivity index (χ1n) is 11.0. The zero-order valence-corrected chi connectivity index (χ0v) is 22.0. The zero-order chi connectivity index (χ0) is 26.4. The number of nitrogen functional groups attached to an aromatic ring is 1. The third-order valence-corrected chi connectivity index (χ3v) is 7.62. The maximum atomic E-state index is 12.9. The van der Waals surface area contributed by atoms with Crippen molar-refractivity contribution in [2.24, 2.45) is 5.16 Å². The number of halogens is 1. The number of benzene rings is 1. The lowest BCUT2D eigenvalue weighted by molar-refractivity contribution is -0.153. The second-order valence-corrected chi connectivity index (χ2v) is 9.93. The Morgan fingerprint density at radius 2 is 2.14 bits per heavy atom. The molecule has 2 aromatic rings. The number of thioether (sulfide) groups is 1. The number of rotatable bonds is 11. The number of carbonyl (C=O) groups excluding carboxylic acids is 3. The third-order valence-electron chi connectivity index (χ3n) is 5.37. The number of anilines is 1. The minimum Gasteiger partial charge on any atom is -0.497 e.